The number of rotatable bonds is 5. The van der Waals surface area contributed by atoms with E-state index in [1.807, 2.05) is 31.9 Å². The van der Waals surface area contributed by atoms with E-state index < -0.39 is 0 Å². The van der Waals surface area contributed by atoms with Crippen molar-refractivity contribution < 1.29 is 9.90 Å². The van der Waals surface area contributed by atoms with Gasteiger partial charge in [-0.2, -0.15) is 0 Å². The van der Waals surface area contributed by atoms with Gasteiger partial charge in [0.2, 0.25) is 0 Å². The van der Waals surface area contributed by atoms with E-state index in [1.165, 1.54) is 0 Å². The smallest absolute Gasteiger partial charge is 0.178 e. The summed E-state index contributed by atoms with van der Waals surface area (Å²) in [4.78, 5) is 17.4. The molecule has 0 spiro atoms. The molecule has 2 atom stereocenters. The fourth-order valence-electron chi connectivity index (χ4n) is 3.04. The van der Waals surface area contributed by atoms with Crippen LogP contribution in [0.25, 0.3) is 0 Å². The molecule has 1 aliphatic carbocycles. The Balaban J connectivity index is 1.90. The molecule has 1 saturated carbocycles. The average Bonchev–Trinajstić information content (AvgIpc) is 2.85. The maximum atomic E-state index is 12.2. The number of aromatic amines is 1. The van der Waals surface area contributed by atoms with Crippen LogP contribution in [-0.4, -0.2) is 47.0 Å². The summed E-state index contributed by atoms with van der Waals surface area (Å²) >= 11 is 0. The molecule has 1 aromatic heterocycles. The lowest BCUT2D eigenvalue weighted by atomic mass is 10.1. The number of aliphatic hydroxyl groups excluding tert-OH is 1. The summed E-state index contributed by atoms with van der Waals surface area (Å²) in [5.74, 6) is 0.476. The van der Waals surface area contributed by atoms with Crippen molar-refractivity contribution in [2.45, 2.75) is 39.2 Å². The standard InChI is InChI=1S/C15H24N2O2/c1-10-7-13(11(2)16-10)15(19)9-17(3)8-12-5-4-6-14(12)18/h7,12,14,16,18H,4-6,8-9H2,1-3H3. The van der Waals surface area contributed by atoms with Gasteiger partial charge < -0.3 is 10.1 Å². The first-order chi connectivity index (χ1) is 8.97. The molecule has 19 heavy (non-hydrogen) atoms. The Bertz CT molecular complexity index is 453. The van der Waals surface area contributed by atoms with Crippen LogP contribution >= 0.6 is 0 Å². The number of H-pyrrole nitrogens is 1. The summed E-state index contributed by atoms with van der Waals surface area (Å²) in [6.07, 6.45) is 2.89. The van der Waals surface area contributed by atoms with Crippen molar-refractivity contribution in [3.63, 3.8) is 0 Å². The minimum Gasteiger partial charge on any atom is -0.393 e. The zero-order valence-corrected chi connectivity index (χ0v) is 12.1. The predicted octanol–water partition coefficient (Wildman–Crippen LogP) is 1.91. The van der Waals surface area contributed by atoms with E-state index in [-0.39, 0.29) is 11.9 Å². The summed E-state index contributed by atoms with van der Waals surface area (Å²) in [6, 6.07) is 1.91. The third kappa shape index (κ3) is 3.45. The molecule has 4 nitrogen and oxygen atoms in total. The second-order valence-corrected chi connectivity index (χ2v) is 5.87. The second-order valence-electron chi connectivity index (χ2n) is 5.87. The molecule has 2 rings (SSSR count). The molecule has 1 heterocycles. The van der Waals surface area contributed by atoms with E-state index in [0.717, 1.165) is 42.8 Å². The van der Waals surface area contributed by atoms with E-state index in [0.29, 0.717) is 12.5 Å². The molecule has 0 radical (unpaired) electrons. The molecule has 1 fully saturated rings. The molecular weight excluding hydrogens is 240 g/mol. The quantitative estimate of drug-likeness (QED) is 0.799. The molecule has 0 saturated heterocycles. The van der Waals surface area contributed by atoms with E-state index in [1.54, 1.807) is 0 Å². The van der Waals surface area contributed by atoms with Gasteiger partial charge in [0, 0.05) is 23.5 Å². The lowest BCUT2D eigenvalue weighted by molar-refractivity contribution is 0.0870. The Kier molecular flexibility index (Phi) is 4.42. The number of aryl methyl sites for hydroxylation is 2. The monoisotopic (exact) mass is 264 g/mol. The van der Waals surface area contributed by atoms with Crippen LogP contribution in [0.3, 0.4) is 0 Å². The van der Waals surface area contributed by atoms with Gasteiger partial charge in [-0.05, 0) is 45.7 Å². The van der Waals surface area contributed by atoms with Gasteiger partial charge in [0.05, 0.1) is 12.6 Å². The van der Waals surface area contributed by atoms with Crippen LogP contribution in [0.5, 0.6) is 0 Å². The normalized spacial score (nSPS) is 23.2. The number of carbonyl (C=O) groups is 1. The van der Waals surface area contributed by atoms with Gasteiger partial charge in [-0.3, -0.25) is 9.69 Å². The van der Waals surface area contributed by atoms with Gasteiger partial charge >= 0.3 is 0 Å². The molecule has 1 aromatic rings. The van der Waals surface area contributed by atoms with Crippen LogP contribution in [-0.2, 0) is 0 Å². The number of nitrogens with zero attached hydrogens (tertiary/aromatic N) is 1. The molecule has 0 aromatic carbocycles. The van der Waals surface area contributed by atoms with Gasteiger partial charge in [-0.25, -0.2) is 0 Å². The largest absolute Gasteiger partial charge is 0.393 e. The molecule has 1 aliphatic rings. The van der Waals surface area contributed by atoms with Crippen molar-refractivity contribution in [3.8, 4) is 0 Å². The third-order valence-corrected chi connectivity index (χ3v) is 4.03. The molecule has 4 heteroatoms. The first kappa shape index (κ1) is 14.3. The number of hydrogen-bond acceptors (Lipinski definition) is 3. The number of likely N-dealkylation sites (N-methyl/N-ethyl adjacent to an activating group) is 1. The Labute approximate surface area is 114 Å². The Morgan fingerprint density at radius 2 is 2.21 bits per heavy atom. The fourth-order valence-corrected chi connectivity index (χ4v) is 3.04. The number of Topliss-reactive ketones (excluding diaryl/α,β-unsaturated/α-hetero) is 1. The molecule has 2 unspecified atom stereocenters. The van der Waals surface area contributed by atoms with Crippen LogP contribution < -0.4 is 0 Å². The molecule has 0 amide bonds. The lowest BCUT2D eigenvalue weighted by Gasteiger charge is -2.22. The maximum absolute atomic E-state index is 12.2. The van der Waals surface area contributed by atoms with E-state index in [2.05, 4.69) is 4.98 Å². The topological polar surface area (TPSA) is 56.3 Å². The number of carbonyl (C=O) groups excluding carboxylic acids is 1. The van der Waals surface area contributed by atoms with Crippen molar-refractivity contribution in [2.24, 2.45) is 5.92 Å². The van der Waals surface area contributed by atoms with E-state index >= 15 is 0 Å². The van der Waals surface area contributed by atoms with Crippen molar-refractivity contribution in [2.75, 3.05) is 20.1 Å². The van der Waals surface area contributed by atoms with Crippen LogP contribution in [0.2, 0.25) is 0 Å². The number of nitrogens with one attached hydrogen (secondary N) is 1. The maximum Gasteiger partial charge on any atom is 0.178 e. The van der Waals surface area contributed by atoms with E-state index in [4.69, 9.17) is 0 Å². The Morgan fingerprint density at radius 1 is 1.47 bits per heavy atom. The van der Waals surface area contributed by atoms with Gasteiger partial charge in [-0.1, -0.05) is 6.42 Å². The van der Waals surface area contributed by atoms with Crippen LogP contribution in [0.15, 0.2) is 6.07 Å². The first-order valence-corrected chi connectivity index (χ1v) is 7.03. The van der Waals surface area contributed by atoms with Crippen molar-refractivity contribution in [3.05, 3.63) is 23.0 Å². The Hall–Kier alpha value is -1.13. The zero-order valence-electron chi connectivity index (χ0n) is 12.1. The van der Waals surface area contributed by atoms with Gasteiger partial charge in [0.25, 0.3) is 0 Å². The Morgan fingerprint density at radius 3 is 2.74 bits per heavy atom. The summed E-state index contributed by atoms with van der Waals surface area (Å²) in [5, 5.41) is 9.82. The highest BCUT2D eigenvalue weighted by molar-refractivity contribution is 5.98. The molecule has 106 valence electrons. The van der Waals surface area contributed by atoms with Gasteiger partial charge in [0.15, 0.2) is 5.78 Å². The number of ketones is 1. The third-order valence-electron chi connectivity index (χ3n) is 4.03. The SMILES string of the molecule is Cc1cc(C(=O)CN(C)CC2CCCC2O)c(C)[nH]1. The molecule has 0 aliphatic heterocycles. The average molecular weight is 264 g/mol. The minimum atomic E-state index is -0.186. The summed E-state index contributed by atoms with van der Waals surface area (Å²) < 4.78 is 0. The highest BCUT2D eigenvalue weighted by Crippen LogP contribution is 2.26. The van der Waals surface area contributed by atoms with Crippen LogP contribution in [0, 0.1) is 19.8 Å². The summed E-state index contributed by atoms with van der Waals surface area (Å²) in [6.45, 7) is 5.11. The second kappa shape index (κ2) is 5.88. The summed E-state index contributed by atoms with van der Waals surface area (Å²) in [5.41, 5.74) is 2.75. The number of aliphatic hydroxyl groups is 1. The number of hydrogen-bond donors (Lipinski definition) is 2. The molecule has 2 N–H and O–H groups in total. The van der Waals surface area contributed by atoms with E-state index in [9.17, 15) is 9.90 Å². The first-order valence-electron chi connectivity index (χ1n) is 7.03. The van der Waals surface area contributed by atoms with Crippen molar-refractivity contribution in [1.29, 1.82) is 0 Å². The minimum absolute atomic E-state index is 0.150. The highest BCUT2D eigenvalue weighted by atomic mass is 16.3. The summed E-state index contributed by atoms with van der Waals surface area (Å²) in [7, 11) is 1.96. The lowest BCUT2D eigenvalue weighted by Crippen LogP contribution is -2.33. The van der Waals surface area contributed by atoms with Gasteiger partial charge in [0.1, 0.15) is 0 Å². The van der Waals surface area contributed by atoms with Crippen LogP contribution in [0.1, 0.15) is 41.0 Å². The predicted molar refractivity (Wildman–Crippen MR) is 75.4 cm³/mol. The zero-order chi connectivity index (χ0) is 14.0. The van der Waals surface area contributed by atoms with Gasteiger partial charge in [-0.15, -0.1) is 0 Å². The molecule has 0 bridgehead atoms. The van der Waals surface area contributed by atoms with Crippen molar-refractivity contribution >= 4 is 5.78 Å². The van der Waals surface area contributed by atoms with Crippen LogP contribution in [0.4, 0.5) is 0 Å². The number of aromatic nitrogens is 1. The fraction of sp³-hybridized carbons (Fsp3) is 0.667. The van der Waals surface area contributed by atoms with Crippen molar-refractivity contribution in [1.82, 2.24) is 9.88 Å². The molecular formula is C15H24N2O2. The highest BCUT2D eigenvalue weighted by Gasteiger charge is 2.26.